The van der Waals surface area contributed by atoms with Crippen LogP contribution in [0.5, 0.6) is 5.75 Å². The topological polar surface area (TPSA) is 99.6 Å². The standard InChI is InChI=1S/C19H16Br2N4O4/c1-10(2)29-18-15(21)6-12(7-17(18)25(27)28)9-22-24-11(3)23-16-5-4-13(20)8-14(16)19(24)26/h4-10H,1-3H3. The number of fused-ring (bicyclic) bond motifs is 1. The minimum Gasteiger partial charge on any atom is -0.483 e. The maximum Gasteiger partial charge on any atom is 0.312 e. The van der Waals surface area contributed by atoms with Gasteiger partial charge in [0, 0.05) is 16.1 Å². The number of rotatable bonds is 5. The average Bonchev–Trinajstić information content (AvgIpc) is 2.63. The summed E-state index contributed by atoms with van der Waals surface area (Å²) in [6.07, 6.45) is 1.14. The van der Waals surface area contributed by atoms with Gasteiger partial charge in [0.05, 0.1) is 32.6 Å². The third-order valence-corrected chi connectivity index (χ3v) is 4.97. The van der Waals surface area contributed by atoms with E-state index in [-0.39, 0.29) is 23.1 Å². The van der Waals surface area contributed by atoms with E-state index in [1.165, 1.54) is 12.3 Å². The van der Waals surface area contributed by atoms with Crippen LogP contribution in [0.1, 0.15) is 25.2 Å². The van der Waals surface area contributed by atoms with Gasteiger partial charge < -0.3 is 4.74 Å². The highest BCUT2D eigenvalue weighted by Crippen LogP contribution is 2.36. The predicted octanol–water partition coefficient (Wildman–Crippen LogP) is 4.81. The van der Waals surface area contributed by atoms with Gasteiger partial charge in [0.15, 0.2) is 0 Å². The van der Waals surface area contributed by atoms with Gasteiger partial charge in [0.1, 0.15) is 5.82 Å². The lowest BCUT2D eigenvalue weighted by atomic mass is 10.2. The molecule has 0 unspecified atom stereocenters. The lowest BCUT2D eigenvalue weighted by Crippen LogP contribution is -2.20. The van der Waals surface area contributed by atoms with Gasteiger partial charge in [-0.15, -0.1) is 0 Å². The van der Waals surface area contributed by atoms with Gasteiger partial charge in [-0.3, -0.25) is 14.9 Å². The molecule has 0 N–H and O–H groups in total. The van der Waals surface area contributed by atoms with Crippen LogP contribution < -0.4 is 10.3 Å². The Hall–Kier alpha value is -2.59. The Labute approximate surface area is 182 Å². The molecule has 0 aliphatic carbocycles. The molecule has 0 radical (unpaired) electrons. The molecule has 1 aromatic heterocycles. The van der Waals surface area contributed by atoms with E-state index in [1.807, 2.05) is 0 Å². The second-order valence-corrected chi connectivity index (χ2v) is 8.23. The molecule has 0 bridgehead atoms. The van der Waals surface area contributed by atoms with Crippen LogP contribution in [-0.4, -0.2) is 26.9 Å². The zero-order chi connectivity index (χ0) is 21.3. The van der Waals surface area contributed by atoms with E-state index in [1.54, 1.807) is 45.0 Å². The summed E-state index contributed by atoms with van der Waals surface area (Å²) in [5, 5.41) is 16.1. The minimum absolute atomic E-state index is 0.146. The van der Waals surface area contributed by atoms with Crippen molar-refractivity contribution < 1.29 is 9.66 Å². The number of benzene rings is 2. The van der Waals surface area contributed by atoms with Crippen LogP contribution in [0.4, 0.5) is 5.69 Å². The van der Waals surface area contributed by atoms with Crippen molar-refractivity contribution in [1.29, 1.82) is 0 Å². The molecule has 0 saturated heterocycles. The molecule has 0 spiro atoms. The van der Waals surface area contributed by atoms with Crippen LogP contribution in [0.15, 0.2) is 49.2 Å². The van der Waals surface area contributed by atoms with E-state index in [0.717, 1.165) is 9.15 Å². The Kier molecular flexibility index (Phi) is 6.13. The van der Waals surface area contributed by atoms with Crippen LogP contribution in [0, 0.1) is 17.0 Å². The maximum absolute atomic E-state index is 12.8. The van der Waals surface area contributed by atoms with Crippen LogP contribution in [0.25, 0.3) is 10.9 Å². The number of aromatic nitrogens is 2. The number of nitrogens with zero attached hydrogens (tertiary/aromatic N) is 4. The fourth-order valence-electron chi connectivity index (χ4n) is 2.68. The maximum atomic E-state index is 12.8. The molecule has 0 aliphatic rings. The first kappa shape index (κ1) is 21.1. The summed E-state index contributed by atoms with van der Waals surface area (Å²) in [5.74, 6) is 0.544. The summed E-state index contributed by atoms with van der Waals surface area (Å²) in [6, 6.07) is 8.21. The quantitative estimate of drug-likeness (QED) is 0.271. The molecular weight excluding hydrogens is 508 g/mol. The van der Waals surface area contributed by atoms with Gasteiger partial charge in [0.2, 0.25) is 5.75 Å². The zero-order valence-electron chi connectivity index (χ0n) is 15.7. The molecule has 0 fully saturated rings. The number of ether oxygens (including phenoxy) is 1. The molecule has 1 heterocycles. The summed E-state index contributed by atoms with van der Waals surface area (Å²) >= 11 is 6.66. The van der Waals surface area contributed by atoms with E-state index in [2.05, 4.69) is 41.9 Å². The molecule has 2 aromatic carbocycles. The third kappa shape index (κ3) is 4.54. The number of hydrogen-bond acceptors (Lipinski definition) is 6. The second kappa shape index (κ2) is 8.42. The summed E-state index contributed by atoms with van der Waals surface area (Å²) in [5.41, 5.74) is 0.466. The first-order valence-corrected chi connectivity index (χ1v) is 10.1. The van der Waals surface area contributed by atoms with Crippen LogP contribution in [0.3, 0.4) is 0 Å². The first-order chi connectivity index (χ1) is 13.7. The molecule has 29 heavy (non-hydrogen) atoms. The number of nitro groups is 1. The van der Waals surface area contributed by atoms with Gasteiger partial charge in [-0.1, -0.05) is 15.9 Å². The SMILES string of the molecule is Cc1nc2ccc(Br)cc2c(=O)n1N=Cc1cc(Br)c(OC(C)C)c([N+](=O)[O-])c1. The van der Waals surface area contributed by atoms with Crippen LogP contribution in [0.2, 0.25) is 0 Å². The largest absolute Gasteiger partial charge is 0.483 e. The first-order valence-electron chi connectivity index (χ1n) is 8.55. The average molecular weight is 524 g/mol. The monoisotopic (exact) mass is 522 g/mol. The Morgan fingerprint density at radius 1 is 1.28 bits per heavy atom. The minimum atomic E-state index is -0.521. The fraction of sp³-hybridized carbons (Fsp3) is 0.211. The Morgan fingerprint density at radius 3 is 2.66 bits per heavy atom. The van der Waals surface area contributed by atoms with Crippen molar-refractivity contribution in [3.8, 4) is 5.75 Å². The van der Waals surface area contributed by atoms with Crippen molar-refractivity contribution in [2.45, 2.75) is 26.9 Å². The molecule has 150 valence electrons. The van der Waals surface area contributed by atoms with E-state index in [4.69, 9.17) is 4.74 Å². The molecule has 3 rings (SSSR count). The van der Waals surface area contributed by atoms with Gasteiger partial charge in [-0.25, -0.2) is 4.98 Å². The fourth-order valence-corrected chi connectivity index (χ4v) is 3.60. The Balaban J connectivity index is 2.08. The molecule has 0 amide bonds. The Bertz CT molecular complexity index is 1210. The van der Waals surface area contributed by atoms with E-state index in [9.17, 15) is 14.9 Å². The summed E-state index contributed by atoms with van der Waals surface area (Å²) in [7, 11) is 0. The lowest BCUT2D eigenvalue weighted by Gasteiger charge is -2.12. The normalized spacial score (nSPS) is 11.5. The molecule has 10 heteroatoms. The second-order valence-electron chi connectivity index (χ2n) is 6.46. The van der Waals surface area contributed by atoms with Crippen molar-refractivity contribution in [1.82, 2.24) is 9.66 Å². The summed E-state index contributed by atoms with van der Waals surface area (Å²) in [4.78, 5) is 28.1. The van der Waals surface area contributed by atoms with Crippen molar-refractivity contribution in [2.75, 3.05) is 0 Å². The van der Waals surface area contributed by atoms with Gasteiger partial charge in [0.25, 0.3) is 5.56 Å². The summed E-state index contributed by atoms with van der Waals surface area (Å²) in [6.45, 7) is 5.23. The summed E-state index contributed by atoms with van der Waals surface area (Å²) < 4.78 is 7.89. The van der Waals surface area contributed by atoms with Crippen molar-refractivity contribution in [2.24, 2.45) is 5.10 Å². The zero-order valence-corrected chi connectivity index (χ0v) is 18.9. The Morgan fingerprint density at radius 2 is 2.00 bits per heavy atom. The van der Waals surface area contributed by atoms with Crippen LogP contribution in [-0.2, 0) is 0 Å². The molecule has 3 aromatic rings. The molecule has 0 atom stereocenters. The molecular formula is C19H16Br2N4O4. The molecule has 0 saturated carbocycles. The molecule has 8 nitrogen and oxygen atoms in total. The smallest absolute Gasteiger partial charge is 0.312 e. The highest BCUT2D eigenvalue weighted by molar-refractivity contribution is 9.10. The number of hydrogen-bond donors (Lipinski definition) is 0. The van der Waals surface area contributed by atoms with E-state index >= 15 is 0 Å². The number of halogens is 2. The van der Waals surface area contributed by atoms with Crippen molar-refractivity contribution in [3.05, 3.63) is 71.1 Å². The van der Waals surface area contributed by atoms with E-state index in [0.29, 0.717) is 26.8 Å². The van der Waals surface area contributed by atoms with Gasteiger partial charge >= 0.3 is 5.69 Å². The van der Waals surface area contributed by atoms with Gasteiger partial charge in [-0.05, 0) is 61.0 Å². The third-order valence-electron chi connectivity index (χ3n) is 3.89. The number of nitro benzene ring substituents is 1. The predicted molar refractivity (Wildman–Crippen MR) is 118 cm³/mol. The van der Waals surface area contributed by atoms with Crippen molar-refractivity contribution >= 4 is 54.7 Å². The van der Waals surface area contributed by atoms with Crippen molar-refractivity contribution in [3.63, 3.8) is 0 Å². The number of aryl methyl sites for hydroxylation is 1. The highest BCUT2D eigenvalue weighted by atomic mass is 79.9. The van der Waals surface area contributed by atoms with E-state index < -0.39 is 4.92 Å². The van der Waals surface area contributed by atoms with Crippen LogP contribution >= 0.6 is 31.9 Å². The molecule has 0 aliphatic heterocycles. The van der Waals surface area contributed by atoms with Gasteiger partial charge in [-0.2, -0.15) is 9.78 Å². The lowest BCUT2D eigenvalue weighted by molar-refractivity contribution is -0.386. The highest BCUT2D eigenvalue weighted by Gasteiger charge is 2.21.